The zero-order valence-corrected chi connectivity index (χ0v) is 11.1. The van der Waals surface area contributed by atoms with Gasteiger partial charge in [-0.25, -0.2) is 0 Å². The predicted molar refractivity (Wildman–Crippen MR) is 79.0 cm³/mol. The lowest BCUT2D eigenvalue weighted by molar-refractivity contribution is 0.970. The van der Waals surface area contributed by atoms with Crippen LogP contribution in [0.5, 0.6) is 0 Å². The highest BCUT2D eigenvalue weighted by Crippen LogP contribution is 2.33. The van der Waals surface area contributed by atoms with Crippen LogP contribution in [-0.2, 0) is 0 Å². The maximum atomic E-state index is 9.54. The molecule has 0 bridgehead atoms. The Kier molecular flexibility index (Phi) is 2.82. The molecule has 0 atom stereocenters. The molecule has 1 aromatic carbocycles. The number of nitriles is 2. The van der Waals surface area contributed by atoms with E-state index in [2.05, 4.69) is 24.0 Å². The minimum absolute atomic E-state index is 0.0559. The van der Waals surface area contributed by atoms with Crippen LogP contribution >= 0.6 is 0 Å². The van der Waals surface area contributed by atoms with Crippen LogP contribution in [0.4, 0.5) is 5.82 Å². The van der Waals surface area contributed by atoms with Gasteiger partial charge < -0.3 is 5.32 Å². The van der Waals surface area contributed by atoms with Gasteiger partial charge in [0, 0.05) is 11.3 Å². The van der Waals surface area contributed by atoms with Crippen molar-refractivity contribution in [3.05, 3.63) is 53.5 Å². The van der Waals surface area contributed by atoms with Gasteiger partial charge in [0.1, 0.15) is 34.6 Å². The summed E-state index contributed by atoms with van der Waals surface area (Å²) in [4.78, 5) is 0. The number of nitrogens with zero attached hydrogens (tertiary/aromatic N) is 3. The van der Waals surface area contributed by atoms with Crippen LogP contribution in [0, 0.1) is 28.1 Å². The molecule has 2 aromatic rings. The van der Waals surface area contributed by atoms with Crippen molar-refractivity contribution >= 4 is 11.5 Å². The van der Waals surface area contributed by atoms with Crippen molar-refractivity contribution in [3.8, 4) is 23.3 Å². The fraction of sp³-hybridized carbons (Fsp3) is 0.0625. The lowest BCUT2D eigenvalue weighted by Gasteiger charge is -2.13. The third-order valence-electron chi connectivity index (χ3n) is 3.48. The van der Waals surface area contributed by atoms with Gasteiger partial charge in [-0.15, -0.1) is 0 Å². The molecule has 0 unspecified atom stereocenters. The molecule has 0 spiro atoms. The molecule has 2 heterocycles. The summed E-state index contributed by atoms with van der Waals surface area (Å²) in [6.45, 7) is 4.33. The van der Waals surface area contributed by atoms with E-state index < -0.39 is 0 Å². The first-order valence-corrected chi connectivity index (χ1v) is 6.34. The normalized spacial score (nSPS) is 12.2. The van der Waals surface area contributed by atoms with Crippen LogP contribution in [0.2, 0.25) is 0 Å². The van der Waals surface area contributed by atoms with Crippen LogP contribution < -0.4 is 10.8 Å². The molecule has 3 rings (SSSR count). The number of anilines is 1. The first-order chi connectivity index (χ1) is 10.2. The van der Waals surface area contributed by atoms with E-state index in [9.17, 15) is 10.5 Å². The maximum absolute atomic E-state index is 9.54. The van der Waals surface area contributed by atoms with Gasteiger partial charge in [-0.3, -0.25) is 9.98 Å². The molecule has 0 saturated heterocycles. The van der Waals surface area contributed by atoms with Crippen molar-refractivity contribution in [2.24, 2.45) is 0 Å². The number of benzene rings is 1. The average Bonchev–Trinajstić information content (AvgIpc) is 2.90. The molecule has 1 aliphatic rings. The number of hydrogen-bond donors (Lipinski definition) is 2. The quantitative estimate of drug-likeness (QED) is 0.835. The second kappa shape index (κ2) is 4.66. The second-order valence-electron chi connectivity index (χ2n) is 4.67. The number of fused-ring (bicyclic) bond motifs is 1. The van der Waals surface area contributed by atoms with Crippen LogP contribution in [0.25, 0.3) is 16.8 Å². The topological polar surface area (TPSA) is 88.4 Å². The summed E-state index contributed by atoms with van der Waals surface area (Å²) in [5.74, 6) is 0.533. The zero-order chi connectivity index (χ0) is 15.0. The van der Waals surface area contributed by atoms with Crippen molar-refractivity contribution in [1.29, 1.82) is 15.9 Å². The van der Waals surface area contributed by atoms with E-state index in [1.54, 1.807) is 0 Å². The van der Waals surface area contributed by atoms with E-state index >= 15 is 0 Å². The van der Waals surface area contributed by atoms with Gasteiger partial charge in [-0.1, -0.05) is 36.9 Å². The Bertz CT molecular complexity index is 891. The molecule has 0 fully saturated rings. The van der Waals surface area contributed by atoms with E-state index in [0.29, 0.717) is 29.2 Å². The van der Waals surface area contributed by atoms with Crippen LogP contribution in [0.3, 0.4) is 0 Å². The molecular formula is C16H11N5. The third-order valence-corrected chi connectivity index (χ3v) is 3.48. The molecule has 2 N–H and O–H groups in total. The minimum atomic E-state index is 0.0559. The van der Waals surface area contributed by atoms with Gasteiger partial charge in [0.25, 0.3) is 0 Å². The third kappa shape index (κ3) is 1.73. The standard InChI is InChI=1S/C16H11N5/c1-10-9-20-16-13(8-18)14(11-5-3-2-4-6-11)12(7-17)15(19)21(10)16/h2-6,19-20H,1,9H2. The van der Waals surface area contributed by atoms with Gasteiger partial charge >= 0.3 is 0 Å². The van der Waals surface area contributed by atoms with E-state index in [4.69, 9.17) is 5.41 Å². The summed E-state index contributed by atoms with van der Waals surface area (Å²) < 4.78 is 1.53. The molecule has 0 aliphatic carbocycles. The van der Waals surface area contributed by atoms with E-state index in [1.807, 2.05) is 30.3 Å². The number of rotatable bonds is 1. The molecular weight excluding hydrogens is 262 g/mol. The van der Waals surface area contributed by atoms with E-state index in [-0.39, 0.29) is 11.1 Å². The smallest absolute Gasteiger partial charge is 0.149 e. The predicted octanol–water partition coefficient (Wildman–Crippen LogP) is 2.27. The Balaban J connectivity index is 2.50. The summed E-state index contributed by atoms with van der Waals surface area (Å²) in [5, 5.41) is 30.3. The van der Waals surface area contributed by atoms with Gasteiger partial charge in [-0.2, -0.15) is 10.5 Å². The highest BCUT2D eigenvalue weighted by molar-refractivity contribution is 5.84. The molecule has 21 heavy (non-hydrogen) atoms. The number of hydrogen-bond acceptors (Lipinski definition) is 4. The number of pyridine rings is 1. The van der Waals surface area contributed by atoms with Crippen molar-refractivity contribution in [2.45, 2.75) is 0 Å². The maximum Gasteiger partial charge on any atom is 0.149 e. The molecule has 5 nitrogen and oxygen atoms in total. The van der Waals surface area contributed by atoms with Crippen molar-refractivity contribution in [3.63, 3.8) is 0 Å². The molecule has 5 heteroatoms. The SMILES string of the molecule is C=C1CNc2c(C#N)c(-c3ccccc3)c(C#N)c(=N)n21. The van der Waals surface area contributed by atoms with Crippen LogP contribution in [0.15, 0.2) is 36.9 Å². The van der Waals surface area contributed by atoms with Gasteiger partial charge in [0.05, 0.1) is 6.54 Å². The van der Waals surface area contributed by atoms with Crippen molar-refractivity contribution < 1.29 is 0 Å². The molecule has 1 aliphatic heterocycles. The molecule has 0 radical (unpaired) electrons. The summed E-state index contributed by atoms with van der Waals surface area (Å²) in [5.41, 5.74) is 2.52. The summed E-state index contributed by atoms with van der Waals surface area (Å²) in [6.07, 6.45) is 0. The minimum Gasteiger partial charge on any atom is -0.364 e. The lowest BCUT2D eigenvalue weighted by atomic mass is 9.96. The Morgan fingerprint density at radius 2 is 1.81 bits per heavy atom. The highest BCUT2D eigenvalue weighted by atomic mass is 15.2. The summed E-state index contributed by atoms with van der Waals surface area (Å²) in [7, 11) is 0. The van der Waals surface area contributed by atoms with E-state index in [1.165, 1.54) is 4.57 Å². The van der Waals surface area contributed by atoms with Crippen molar-refractivity contribution in [2.75, 3.05) is 11.9 Å². The Morgan fingerprint density at radius 1 is 1.14 bits per heavy atom. The summed E-state index contributed by atoms with van der Waals surface area (Å²) >= 11 is 0. The Hall–Kier alpha value is -3.31. The fourth-order valence-corrected chi connectivity index (χ4v) is 2.56. The van der Waals surface area contributed by atoms with Gasteiger partial charge in [0.2, 0.25) is 0 Å². The first-order valence-electron chi connectivity index (χ1n) is 6.34. The lowest BCUT2D eigenvalue weighted by Crippen LogP contribution is -2.22. The molecule has 0 saturated carbocycles. The molecule has 100 valence electrons. The summed E-state index contributed by atoms with van der Waals surface area (Å²) in [6, 6.07) is 13.4. The zero-order valence-electron chi connectivity index (χ0n) is 11.1. The molecule has 0 amide bonds. The number of nitrogens with one attached hydrogen (secondary N) is 2. The first kappa shape index (κ1) is 12.7. The van der Waals surface area contributed by atoms with E-state index in [0.717, 1.165) is 5.56 Å². The Morgan fingerprint density at radius 3 is 2.43 bits per heavy atom. The monoisotopic (exact) mass is 273 g/mol. The largest absolute Gasteiger partial charge is 0.364 e. The average molecular weight is 273 g/mol. The molecule has 1 aromatic heterocycles. The van der Waals surface area contributed by atoms with Gasteiger partial charge in [-0.05, 0) is 5.56 Å². The van der Waals surface area contributed by atoms with Gasteiger partial charge in [0.15, 0.2) is 0 Å². The van der Waals surface area contributed by atoms with Crippen molar-refractivity contribution in [1.82, 2.24) is 4.57 Å². The highest BCUT2D eigenvalue weighted by Gasteiger charge is 2.25. The van der Waals surface area contributed by atoms with Crippen LogP contribution in [0.1, 0.15) is 11.1 Å². The number of aromatic nitrogens is 1. The Labute approximate surface area is 121 Å². The second-order valence-corrected chi connectivity index (χ2v) is 4.67. The fourth-order valence-electron chi connectivity index (χ4n) is 2.56. The van der Waals surface area contributed by atoms with Crippen LogP contribution in [-0.4, -0.2) is 11.1 Å².